The van der Waals surface area contributed by atoms with Gasteiger partial charge in [0.25, 0.3) is 0 Å². The molecule has 5 nitrogen and oxygen atoms in total. The Balaban J connectivity index is 1.38. The highest BCUT2D eigenvalue weighted by Gasteiger charge is 2.39. The Labute approximate surface area is 153 Å². The first-order valence-electron chi connectivity index (χ1n) is 8.98. The molecule has 2 N–H and O–H groups in total. The van der Waals surface area contributed by atoms with Crippen LogP contribution in [0, 0.1) is 6.92 Å². The fraction of sp³-hybridized carbons (Fsp3) is 0.286. The maximum atomic E-state index is 12.5. The topological polar surface area (TPSA) is 53.6 Å². The third-order valence-electron chi connectivity index (χ3n) is 5.02. The Morgan fingerprint density at radius 3 is 2.62 bits per heavy atom. The van der Waals surface area contributed by atoms with E-state index in [1.54, 1.807) is 0 Å². The fourth-order valence-corrected chi connectivity index (χ4v) is 3.50. The molecule has 2 heterocycles. The third-order valence-corrected chi connectivity index (χ3v) is 5.02. The summed E-state index contributed by atoms with van der Waals surface area (Å²) >= 11 is 0. The molecular formula is C21H23N3O2. The second-order valence-electron chi connectivity index (χ2n) is 6.98. The normalized spacial score (nSPS) is 18.3. The first-order chi connectivity index (χ1) is 12.6. The Bertz CT molecular complexity index is 824. The van der Waals surface area contributed by atoms with E-state index < -0.39 is 0 Å². The minimum absolute atomic E-state index is 0.0522. The summed E-state index contributed by atoms with van der Waals surface area (Å²) in [6.07, 6.45) is 3.72. The molecule has 26 heavy (non-hydrogen) atoms. The van der Waals surface area contributed by atoms with Crippen molar-refractivity contribution in [1.29, 1.82) is 0 Å². The summed E-state index contributed by atoms with van der Waals surface area (Å²) in [5.74, 6) is 0. The van der Waals surface area contributed by atoms with Gasteiger partial charge in [0.15, 0.2) is 0 Å². The van der Waals surface area contributed by atoms with Gasteiger partial charge in [0.2, 0.25) is 0 Å². The summed E-state index contributed by atoms with van der Waals surface area (Å²) < 4.78 is 0. The van der Waals surface area contributed by atoms with Crippen LogP contribution < -0.4 is 10.8 Å². The second-order valence-corrected chi connectivity index (χ2v) is 6.98. The zero-order valence-electron chi connectivity index (χ0n) is 14.9. The molecule has 0 saturated carbocycles. The van der Waals surface area contributed by atoms with Crippen molar-refractivity contribution in [2.45, 2.75) is 25.4 Å². The lowest BCUT2D eigenvalue weighted by Crippen LogP contribution is -2.48. The number of nitrogens with zero attached hydrogens (tertiary/aromatic N) is 1. The molecule has 0 aliphatic carbocycles. The maximum absolute atomic E-state index is 12.5. The minimum Gasteiger partial charge on any atom is -0.324 e. The third kappa shape index (κ3) is 3.44. The van der Waals surface area contributed by atoms with Crippen LogP contribution in [0.2, 0.25) is 0 Å². The van der Waals surface area contributed by atoms with Crippen LogP contribution in [-0.2, 0) is 4.84 Å². The number of amides is 2. The number of urea groups is 1. The molecule has 1 spiro atoms. The molecule has 4 rings (SSSR count). The smallest absolute Gasteiger partial charge is 0.321 e. The molecule has 0 aromatic heterocycles. The average molecular weight is 349 g/mol. The second kappa shape index (κ2) is 6.84. The molecule has 2 aliphatic heterocycles. The van der Waals surface area contributed by atoms with Crippen LogP contribution in [0.15, 0.2) is 60.7 Å². The van der Waals surface area contributed by atoms with Crippen molar-refractivity contribution in [2.75, 3.05) is 18.4 Å². The number of hydrogen-bond donors (Lipinski definition) is 2. The Kier molecular flexibility index (Phi) is 4.39. The fourth-order valence-electron chi connectivity index (χ4n) is 3.50. The van der Waals surface area contributed by atoms with Crippen LogP contribution in [0.4, 0.5) is 10.5 Å². The van der Waals surface area contributed by atoms with E-state index in [4.69, 9.17) is 4.84 Å². The van der Waals surface area contributed by atoms with E-state index >= 15 is 0 Å². The number of carbonyl (C=O) groups excluding carboxylic acids is 1. The van der Waals surface area contributed by atoms with Gasteiger partial charge in [-0.1, -0.05) is 42.5 Å². The number of rotatable bonds is 2. The molecule has 0 radical (unpaired) electrons. The van der Waals surface area contributed by atoms with Gasteiger partial charge in [-0.3, -0.25) is 10.3 Å². The predicted octanol–water partition coefficient (Wildman–Crippen LogP) is 3.94. The largest absolute Gasteiger partial charge is 0.324 e. The molecule has 2 aromatic carbocycles. The summed E-state index contributed by atoms with van der Waals surface area (Å²) in [6.45, 7) is 3.34. The first-order valence-corrected chi connectivity index (χ1v) is 8.98. The molecule has 134 valence electrons. The van der Waals surface area contributed by atoms with Crippen LogP contribution in [0.1, 0.15) is 24.0 Å². The highest BCUT2D eigenvalue weighted by atomic mass is 16.7. The molecule has 2 aliphatic rings. The Morgan fingerprint density at radius 2 is 1.88 bits per heavy atom. The van der Waals surface area contributed by atoms with Gasteiger partial charge in [0.05, 0.1) is 5.70 Å². The van der Waals surface area contributed by atoms with Gasteiger partial charge >= 0.3 is 6.03 Å². The number of benzene rings is 2. The van der Waals surface area contributed by atoms with Gasteiger partial charge in [0, 0.05) is 31.6 Å². The SMILES string of the molecule is Cc1cccc(NC(=O)N2CCC3(C=C(c4ccccc4)NO3)CC2)c1. The average Bonchev–Trinajstić information content (AvgIpc) is 3.07. The number of aryl methyl sites for hydroxylation is 1. The standard InChI is InChI=1S/C21H23N3O2/c1-16-6-5-9-18(14-16)22-20(25)24-12-10-21(11-13-24)15-19(23-26-21)17-7-3-2-4-8-17/h2-9,14-15,23H,10-13H2,1H3,(H,22,25). The van der Waals surface area contributed by atoms with E-state index in [9.17, 15) is 4.79 Å². The van der Waals surface area contributed by atoms with Gasteiger partial charge in [-0.2, -0.15) is 0 Å². The molecule has 0 unspecified atom stereocenters. The molecule has 1 fully saturated rings. The van der Waals surface area contributed by atoms with E-state index in [-0.39, 0.29) is 11.6 Å². The Hall–Kier alpha value is -2.79. The quantitative estimate of drug-likeness (QED) is 0.863. The van der Waals surface area contributed by atoms with Gasteiger partial charge in [-0.05, 0) is 36.3 Å². The number of carbonyl (C=O) groups is 1. The van der Waals surface area contributed by atoms with Gasteiger partial charge in [-0.25, -0.2) is 4.79 Å². The minimum atomic E-state index is -0.328. The van der Waals surface area contributed by atoms with Crippen molar-refractivity contribution in [3.63, 3.8) is 0 Å². The number of nitrogens with one attached hydrogen (secondary N) is 2. The van der Waals surface area contributed by atoms with Crippen LogP contribution in [0.5, 0.6) is 0 Å². The van der Waals surface area contributed by atoms with E-state index in [2.05, 4.69) is 29.0 Å². The van der Waals surface area contributed by atoms with Crippen molar-refractivity contribution in [3.8, 4) is 0 Å². The summed E-state index contributed by atoms with van der Waals surface area (Å²) in [5, 5.41) is 2.98. The lowest BCUT2D eigenvalue weighted by molar-refractivity contribution is -0.0634. The van der Waals surface area contributed by atoms with Crippen molar-refractivity contribution in [2.24, 2.45) is 0 Å². The lowest BCUT2D eigenvalue weighted by Gasteiger charge is -2.36. The molecule has 0 bridgehead atoms. The summed E-state index contributed by atoms with van der Waals surface area (Å²) in [4.78, 5) is 20.3. The molecule has 0 atom stereocenters. The molecule has 5 heteroatoms. The summed E-state index contributed by atoms with van der Waals surface area (Å²) in [5.41, 5.74) is 6.82. The van der Waals surface area contributed by atoms with Crippen LogP contribution in [0.25, 0.3) is 5.70 Å². The molecule has 1 saturated heterocycles. The van der Waals surface area contributed by atoms with E-state index in [0.717, 1.165) is 35.4 Å². The Morgan fingerprint density at radius 1 is 1.12 bits per heavy atom. The molecule has 2 aromatic rings. The van der Waals surface area contributed by atoms with E-state index in [1.165, 1.54) is 0 Å². The number of anilines is 1. The van der Waals surface area contributed by atoms with Crippen molar-refractivity contribution >= 4 is 17.4 Å². The van der Waals surface area contributed by atoms with Gasteiger partial charge < -0.3 is 10.2 Å². The van der Waals surface area contributed by atoms with Crippen LogP contribution in [0.3, 0.4) is 0 Å². The maximum Gasteiger partial charge on any atom is 0.321 e. The lowest BCUT2D eigenvalue weighted by atomic mass is 9.90. The van der Waals surface area contributed by atoms with E-state index in [1.807, 2.05) is 54.3 Å². The van der Waals surface area contributed by atoms with Crippen LogP contribution >= 0.6 is 0 Å². The van der Waals surface area contributed by atoms with Crippen molar-refractivity contribution < 1.29 is 9.63 Å². The zero-order valence-corrected chi connectivity index (χ0v) is 14.9. The first kappa shape index (κ1) is 16.7. The van der Waals surface area contributed by atoms with Crippen molar-refractivity contribution in [1.82, 2.24) is 10.4 Å². The van der Waals surface area contributed by atoms with Crippen LogP contribution in [-0.4, -0.2) is 29.6 Å². The van der Waals surface area contributed by atoms with Gasteiger partial charge in [0.1, 0.15) is 5.60 Å². The summed E-state index contributed by atoms with van der Waals surface area (Å²) in [6, 6.07) is 18.0. The highest BCUT2D eigenvalue weighted by Crippen LogP contribution is 2.34. The monoisotopic (exact) mass is 349 g/mol. The number of hydrogen-bond acceptors (Lipinski definition) is 3. The number of piperidine rings is 1. The van der Waals surface area contributed by atoms with E-state index in [0.29, 0.717) is 13.1 Å². The number of hydroxylamine groups is 1. The predicted molar refractivity (Wildman–Crippen MR) is 102 cm³/mol. The number of likely N-dealkylation sites (tertiary alicyclic amines) is 1. The zero-order chi connectivity index (χ0) is 18.0. The van der Waals surface area contributed by atoms with Crippen molar-refractivity contribution in [3.05, 3.63) is 71.8 Å². The van der Waals surface area contributed by atoms with Gasteiger partial charge in [-0.15, -0.1) is 0 Å². The molecular weight excluding hydrogens is 326 g/mol. The molecule has 2 amide bonds. The summed E-state index contributed by atoms with van der Waals surface area (Å²) in [7, 11) is 0. The highest BCUT2D eigenvalue weighted by molar-refractivity contribution is 5.89.